The molecule has 1 aliphatic heterocycles. The van der Waals surface area contributed by atoms with Gasteiger partial charge in [-0.05, 0) is 49.3 Å². The van der Waals surface area contributed by atoms with Crippen LogP contribution in [-0.2, 0) is 62.4 Å². The number of aromatic nitrogens is 3. The van der Waals surface area contributed by atoms with Gasteiger partial charge >= 0.3 is 0 Å². The average molecular weight is 1010 g/mol. The number of benzene rings is 2. The molecule has 0 radical (unpaired) electrons. The van der Waals surface area contributed by atoms with Crippen molar-refractivity contribution >= 4 is 70.0 Å². The number of carbonyl (C=O) groups is 9. The second-order valence-corrected chi connectivity index (χ2v) is 17.8. The van der Waals surface area contributed by atoms with Gasteiger partial charge in [-0.2, -0.15) is 0 Å². The number of aliphatic imine (C=N–C) groups is 1. The molecule has 0 saturated carbocycles. The Morgan fingerprint density at radius 3 is 2.15 bits per heavy atom. The quantitative estimate of drug-likeness (QED) is 0.0286. The summed E-state index contributed by atoms with van der Waals surface area (Å²) >= 11 is 0. The first-order valence-corrected chi connectivity index (χ1v) is 24.3. The van der Waals surface area contributed by atoms with Crippen molar-refractivity contribution in [3.63, 3.8) is 0 Å². The van der Waals surface area contributed by atoms with Crippen LogP contribution in [0.15, 0.2) is 78.3 Å². The first kappa shape index (κ1) is 55.6. The molecule has 1 fully saturated rings. The number of hydrogen-bond acceptors (Lipinski definition) is 11. The van der Waals surface area contributed by atoms with E-state index in [9.17, 15) is 43.2 Å². The molecule has 392 valence electrons. The first-order chi connectivity index (χ1) is 35.0. The fraction of sp³-hybridized carbons (Fsp3) is 0.449. The van der Waals surface area contributed by atoms with E-state index in [2.05, 4.69) is 62.5 Å². The molecule has 73 heavy (non-hydrogen) atoms. The van der Waals surface area contributed by atoms with Gasteiger partial charge in [0.15, 0.2) is 5.96 Å². The van der Waals surface area contributed by atoms with E-state index in [1.165, 1.54) is 19.4 Å². The number of nitrogens with zero attached hydrogens (tertiary/aromatic N) is 2. The highest BCUT2D eigenvalue weighted by Crippen LogP contribution is 2.19. The second-order valence-electron chi connectivity index (χ2n) is 17.8. The number of nitrogens with one attached hydrogen (secondary N) is 10. The fourth-order valence-electron chi connectivity index (χ4n) is 8.21. The monoisotopic (exact) mass is 1010 g/mol. The predicted molar refractivity (Wildman–Crippen MR) is 269 cm³/mol. The number of para-hydroxylation sites is 1. The molecule has 16 N–H and O–H groups in total. The van der Waals surface area contributed by atoms with Gasteiger partial charge in [0.2, 0.25) is 53.2 Å². The number of fused-ring (bicyclic) bond motifs is 1. The van der Waals surface area contributed by atoms with Crippen molar-refractivity contribution in [2.75, 3.05) is 13.1 Å². The van der Waals surface area contributed by atoms with Gasteiger partial charge in [-0.15, -0.1) is 0 Å². The topological polar surface area (TPSA) is 385 Å². The van der Waals surface area contributed by atoms with Crippen LogP contribution in [0.25, 0.3) is 10.9 Å². The Hall–Kier alpha value is -8.31. The number of imidazole rings is 1. The number of H-pyrrole nitrogens is 2. The Balaban J connectivity index is 1.52. The molecule has 3 heterocycles. The lowest BCUT2D eigenvalue weighted by Gasteiger charge is -2.28. The Morgan fingerprint density at radius 2 is 1.47 bits per heavy atom. The molecule has 0 spiro atoms. The van der Waals surface area contributed by atoms with E-state index in [0.717, 1.165) is 10.9 Å². The molecule has 24 heteroatoms. The van der Waals surface area contributed by atoms with Gasteiger partial charge < -0.3 is 69.7 Å². The van der Waals surface area contributed by atoms with Gasteiger partial charge in [0.1, 0.15) is 42.3 Å². The van der Waals surface area contributed by atoms with Crippen LogP contribution in [0.5, 0.6) is 0 Å². The minimum Gasteiger partial charge on any atom is -0.370 e. The highest BCUT2D eigenvalue weighted by Gasteiger charge is 2.35. The van der Waals surface area contributed by atoms with Crippen molar-refractivity contribution in [2.45, 2.75) is 127 Å². The van der Waals surface area contributed by atoms with Gasteiger partial charge in [0.25, 0.3) is 0 Å². The van der Waals surface area contributed by atoms with Crippen molar-refractivity contribution in [2.24, 2.45) is 22.2 Å². The minimum atomic E-state index is -1.44. The van der Waals surface area contributed by atoms with Gasteiger partial charge in [0.05, 0.1) is 6.33 Å². The van der Waals surface area contributed by atoms with Crippen LogP contribution in [0.2, 0.25) is 0 Å². The lowest BCUT2D eigenvalue weighted by atomic mass is 10.0. The van der Waals surface area contributed by atoms with Crippen LogP contribution in [0.3, 0.4) is 0 Å². The molecular formula is C49H67N15O9. The van der Waals surface area contributed by atoms with E-state index in [4.69, 9.17) is 17.2 Å². The SMILES string of the molecule is CCCCC(NC(C)=O)C(=O)NC1CCC(=O)NCCC(C(=O)NC(Cc2c[nH]c3ccccc23)C(N)=O)NC(=O)C(CCCN=C(N)N)NC(=O)C(Cc2ccccc2)NC(=O)C(Cc2cnc[nH]2)NC1=O. The minimum absolute atomic E-state index is 0.0152. The van der Waals surface area contributed by atoms with Crippen molar-refractivity contribution in [3.8, 4) is 0 Å². The van der Waals surface area contributed by atoms with Gasteiger partial charge in [-0.3, -0.25) is 48.1 Å². The second kappa shape index (κ2) is 27.9. The number of aromatic amines is 2. The zero-order valence-corrected chi connectivity index (χ0v) is 41.0. The zero-order chi connectivity index (χ0) is 52.9. The fourth-order valence-corrected chi connectivity index (χ4v) is 8.21. The van der Waals surface area contributed by atoms with E-state index in [-0.39, 0.29) is 76.8 Å². The Kier molecular flexibility index (Phi) is 21.3. The van der Waals surface area contributed by atoms with Crippen molar-refractivity contribution in [1.82, 2.24) is 57.5 Å². The molecule has 7 unspecified atom stereocenters. The van der Waals surface area contributed by atoms with Gasteiger partial charge in [-0.25, -0.2) is 4.98 Å². The molecule has 2 aromatic heterocycles. The number of hydrogen-bond donors (Lipinski definition) is 13. The summed E-state index contributed by atoms with van der Waals surface area (Å²) in [6, 6.07) is 6.74. The number of carbonyl (C=O) groups excluding carboxylic acids is 9. The molecule has 1 aliphatic rings. The molecule has 4 aromatic rings. The average Bonchev–Trinajstić information content (AvgIpc) is 4.03. The van der Waals surface area contributed by atoms with Crippen molar-refractivity contribution in [3.05, 3.63) is 90.1 Å². The maximum absolute atomic E-state index is 14.6. The largest absolute Gasteiger partial charge is 0.370 e. The Bertz CT molecular complexity index is 2560. The third-order valence-corrected chi connectivity index (χ3v) is 12.1. The summed E-state index contributed by atoms with van der Waals surface area (Å²) in [5, 5.41) is 22.3. The molecule has 0 bridgehead atoms. The number of rotatable bonds is 19. The number of primary amides is 1. The van der Waals surface area contributed by atoms with E-state index in [0.29, 0.717) is 29.7 Å². The molecule has 2 aromatic carbocycles. The molecule has 7 atom stereocenters. The smallest absolute Gasteiger partial charge is 0.243 e. The third kappa shape index (κ3) is 17.8. The highest BCUT2D eigenvalue weighted by molar-refractivity contribution is 5.98. The van der Waals surface area contributed by atoms with Crippen LogP contribution < -0.4 is 59.7 Å². The normalized spacial score (nSPS) is 20.2. The van der Waals surface area contributed by atoms with E-state index < -0.39 is 95.5 Å². The molecule has 0 aliphatic carbocycles. The van der Waals surface area contributed by atoms with Gasteiger partial charge in [-0.1, -0.05) is 68.3 Å². The zero-order valence-electron chi connectivity index (χ0n) is 41.0. The standard InChI is InChI=1S/C49H67N15O9/c1-3-4-14-34(58-28(2)65)43(68)60-36-17-18-41(66)54-21-19-37(46(71)62-38(42(50)67)23-30-25-56-33-15-9-8-13-32(30)33)61-44(69)35(16-10-20-55-49(51)52)59-47(72)39(22-29-11-6-5-7-12-29)63-48(73)40(64-45(36)70)24-31-26-53-27-57-31/h5-9,11-13,15,25-27,34-40,56H,3-4,10,14,16-24H2,1-2H3,(H2,50,67)(H,53,57)(H,54,66)(H,58,65)(H,59,72)(H,60,68)(H,61,69)(H,62,71)(H,63,73)(H,64,70)(H4,51,52,55). The van der Waals surface area contributed by atoms with Gasteiger partial charge in [0, 0.05) is 74.7 Å². The van der Waals surface area contributed by atoms with Crippen LogP contribution in [0.4, 0.5) is 0 Å². The third-order valence-electron chi connectivity index (χ3n) is 12.1. The summed E-state index contributed by atoms with van der Waals surface area (Å²) < 4.78 is 0. The van der Waals surface area contributed by atoms with Crippen LogP contribution in [0, 0.1) is 0 Å². The summed E-state index contributed by atoms with van der Waals surface area (Å²) in [4.78, 5) is 138. The Morgan fingerprint density at radius 1 is 0.781 bits per heavy atom. The van der Waals surface area contributed by atoms with Crippen molar-refractivity contribution in [1.29, 1.82) is 0 Å². The van der Waals surface area contributed by atoms with E-state index in [1.807, 2.05) is 31.2 Å². The summed E-state index contributed by atoms with van der Waals surface area (Å²) in [7, 11) is 0. The summed E-state index contributed by atoms with van der Waals surface area (Å²) in [5.74, 6) is -7.04. The molecule has 9 amide bonds. The summed E-state index contributed by atoms with van der Waals surface area (Å²) in [6.45, 7) is 2.99. The number of amides is 9. The molecular weight excluding hydrogens is 943 g/mol. The maximum atomic E-state index is 14.6. The Labute approximate surface area is 421 Å². The van der Waals surface area contributed by atoms with E-state index >= 15 is 0 Å². The molecule has 24 nitrogen and oxygen atoms in total. The van der Waals surface area contributed by atoms with Crippen LogP contribution in [0.1, 0.15) is 82.0 Å². The van der Waals surface area contributed by atoms with E-state index in [1.54, 1.807) is 36.5 Å². The van der Waals surface area contributed by atoms with Crippen molar-refractivity contribution < 1.29 is 43.2 Å². The summed E-state index contributed by atoms with van der Waals surface area (Å²) in [5.41, 5.74) is 19.4. The van der Waals surface area contributed by atoms with Crippen LogP contribution in [-0.4, -0.2) is 129 Å². The molecule has 1 saturated heterocycles. The summed E-state index contributed by atoms with van der Waals surface area (Å²) in [6.07, 6.45) is 4.95. The molecule has 5 rings (SSSR count). The number of unbranched alkanes of at least 4 members (excludes halogenated alkanes) is 1. The highest BCUT2D eigenvalue weighted by atomic mass is 16.2. The number of nitrogens with two attached hydrogens (primary N) is 3. The number of guanidine groups is 1. The maximum Gasteiger partial charge on any atom is 0.243 e. The first-order valence-electron chi connectivity index (χ1n) is 24.3. The van der Waals surface area contributed by atoms with Crippen LogP contribution >= 0.6 is 0 Å². The predicted octanol–water partition coefficient (Wildman–Crippen LogP) is -1.64. The lowest BCUT2D eigenvalue weighted by molar-refractivity contribution is -0.135. The lowest BCUT2D eigenvalue weighted by Crippen LogP contribution is -2.60.